The maximum absolute atomic E-state index is 11.7. The number of carbonyl (C=O) groups excluding carboxylic acids is 3. The first-order valence-electron chi connectivity index (χ1n) is 8.53. The van der Waals surface area contributed by atoms with Crippen LogP contribution in [-0.2, 0) is 30.3 Å². The molecule has 9 nitrogen and oxygen atoms in total. The van der Waals surface area contributed by atoms with Crippen LogP contribution in [0.5, 0.6) is 0 Å². The van der Waals surface area contributed by atoms with E-state index in [0.717, 1.165) is 4.88 Å². The minimum Gasteiger partial charge on any atom is -0.466 e. The number of nitrogens with one attached hydrogen (secondary N) is 1. The van der Waals surface area contributed by atoms with E-state index in [2.05, 4.69) is 15.5 Å². The molecular weight excluding hydrogens is 374 g/mol. The fourth-order valence-electron chi connectivity index (χ4n) is 2.03. The number of esters is 2. The number of aryl methyl sites for hydroxylation is 1. The molecule has 0 aliphatic rings. The van der Waals surface area contributed by atoms with Gasteiger partial charge in [0.25, 0.3) is 5.91 Å². The average molecular weight is 395 g/mol. The molecule has 0 bridgehead atoms. The normalized spacial score (nSPS) is 10.4. The highest BCUT2D eigenvalue weighted by Gasteiger charge is 2.13. The number of ether oxygens (including phenoxy) is 2. The van der Waals surface area contributed by atoms with Crippen molar-refractivity contribution in [3.63, 3.8) is 0 Å². The molecule has 2 aromatic heterocycles. The predicted octanol–water partition coefficient (Wildman–Crippen LogP) is 1.73. The quantitative estimate of drug-likeness (QED) is 0.451. The van der Waals surface area contributed by atoms with E-state index in [1.807, 2.05) is 17.5 Å². The standard InChI is InChI=1S/C17H21N3O6S/c1-2-24-15(22)6-3-9-18-13(21)11-25-16(23)8-7-14-19-17(20-26-14)12-5-4-10-27-12/h4-5,10H,2-3,6-9,11H2,1H3,(H,18,21). The lowest BCUT2D eigenvalue weighted by atomic mass is 10.3. The van der Waals surface area contributed by atoms with Crippen molar-refractivity contribution < 1.29 is 28.4 Å². The number of thiophene rings is 1. The number of carbonyl (C=O) groups is 3. The molecular formula is C17H21N3O6S. The van der Waals surface area contributed by atoms with Crippen molar-refractivity contribution in [2.24, 2.45) is 0 Å². The number of amides is 1. The number of aromatic nitrogens is 2. The van der Waals surface area contributed by atoms with Gasteiger partial charge in [0.1, 0.15) is 0 Å². The van der Waals surface area contributed by atoms with Crippen LogP contribution in [0.2, 0.25) is 0 Å². The van der Waals surface area contributed by atoms with Crippen LogP contribution in [0.3, 0.4) is 0 Å². The molecule has 0 radical (unpaired) electrons. The van der Waals surface area contributed by atoms with Gasteiger partial charge in [0.2, 0.25) is 11.7 Å². The third-order valence-corrected chi connectivity index (χ3v) is 4.17. The molecule has 0 aromatic carbocycles. The molecule has 0 saturated heterocycles. The fraction of sp³-hybridized carbons (Fsp3) is 0.471. The van der Waals surface area contributed by atoms with Crippen molar-refractivity contribution in [3.8, 4) is 10.7 Å². The summed E-state index contributed by atoms with van der Waals surface area (Å²) in [5, 5.41) is 8.32. The molecule has 0 saturated carbocycles. The summed E-state index contributed by atoms with van der Waals surface area (Å²) in [6, 6.07) is 3.76. The second-order valence-electron chi connectivity index (χ2n) is 5.41. The molecule has 0 spiro atoms. The minimum absolute atomic E-state index is 0.0300. The van der Waals surface area contributed by atoms with Crippen LogP contribution in [-0.4, -0.2) is 47.7 Å². The number of hydrogen-bond acceptors (Lipinski definition) is 9. The van der Waals surface area contributed by atoms with Crippen LogP contribution in [0.4, 0.5) is 0 Å². The van der Waals surface area contributed by atoms with Crippen molar-refractivity contribution in [1.29, 1.82) is 0 Å². The van der Waals surface area contributed by atoms with Gasteiger partial charge in [-0.3, -0.25) is 14.4 Å². The van der Waals surface area contributed by atoms with Crippen molar-refractivity contribution in [2.45, 2.75) is 32.6 Å². The highest BCUT2D eigenvalue weighted by molar-refractivity contribution is 7.13. The summed E-state index contributed by atoms with van der Waals surface area (Å²) in [5.41, 5.74) is 0. The summed E-state index contributed by atoms with van der Waals surface area (Å²) < 4.78 is 14.8. The molecule has 146 valence electrons. The maximum Gasteiger partial charge on any atom is 0.306 e. The Labute approximate surface area is 160 Å². The summed E-state index contributed by atoms with van der Waals surface area (Å²) in [6.07, 6.45) is 0.953. The molecule has 2 aromatic rings. The minimum atomic E-state index is -0.535. The van der Waals surface area contributed by atoms with E-state index in [-0.39, 0.29) is 31.8 Å². The maximum atomic E-state index is 11.7. The molecule has 2 rings (SSSR count). The van der Waals surface area contributed by atoms with E-state index in [0.29, 0.717) is 31.3 Å². The summed E-state index contributed by atoms with van der Waals surface area (Å²) in [6.45, 7) is 2.00. The Morgan fingerprint density at radius 1 is 1.22 bits per heavy atom. The molecule has 1 amide bonds. The Kier molecular flexibility index (Phi) is 8.43. The van der Waals surface area contributed by atoms with Crippen LogP contribution in [0.25, 0.3) is 10.7 Å². The van der Waals surface area contributed by atoms with Crippen molar-refractivity contribution >= 4 is 29.2 Å². The van der Waals surface area contributed by atoms with Crippen LogP contribution in [0, 0.1) is 0 Å². The molecule has 2 heterocycles. The summed E-state index contributed by atoms with van der Waals surface area (Å²) in [4.78, 5) is 39.5. The van der Waals surface area contributed by atoms with Gasteiger partial charge in [-0.1, -0.05) is 11.2 Å². The number of nitrogens with zero attached hydrogens (tertiary/aromatic N) is 2. The zero-order valence-electron chi connectivity index (χ0n) is 14.9. The fourth-order valence-corrected chi connectivity index (χ4v) is 2.68. The average Bonchev–Trinajstić information content (AvgIpc) is 3.33. The largest absolute Gasteiger partial charge is 0.466 e. The van der Waals surface area contributed by atoms with Gasteiger partial charge in [-0.2, -0.15) is 4.98 Å². The molecule has 0 aliphatic carbocycles. The second-order valence-corrected chi connectivity index (χ2v) is 6.36. The number of rotatable bonds is 11. The topological polar surface area (TPSA) is 121 Å². The van der Waals surface area contributed by atoms with Crippen LogP contribution >= 0.6 is 11.3 Å². The Hall–Kier alpha value is -2.75. The summed E-state index contributed by atoms with van der Waals surface area (Å²) in [7, 11) is 0. The third kappa shape index (κ3) is 7.57. The van der Waals surface area contributed by atoms with Gasteiger partial charge in [0, 0.05) is 19.4 Å². The second kappa shape index (κ2) is 11.1. The lowest BCUT2D eigenvalue weighted by Crippen LogP contribution is -2.30. The van der Waals surface area contributed by atoms with Crippen molar-refractivity contribution in [3.05, 3.63) is 23.4 Å². The van der Waals surface area contributed by atoms with Gasteiger partial charge in [-0.25, -0.2) is 0 Å². The summed E-state index contributed by atoms with van der Waals surface area (Å²) in [5.74, 6) is -0.451. The third-order valence-electron chi connectivity index (χ3n) is 3.30. The predicted molar refractivity (Wildman–Crippen MR) is 95.8 cm³/mol. The molecule has 0 unspecified atom stereocenters. The van der Waals surface area contributed by atoms with Crippen LogP contribution in [0.15, 0.2) is 22.0 Å². The highest BCUT2D eigenvalue weighted by Crippen LogP contribution is 2.21. The van der Waals surface area contributed by atoms with Gasteiger partial charge in [-0.05, 0) is 24.8 Å². The zero-order valence-corrected chi connectivity index (χ0v) is 15.8. The molecule has 0 fully saturated rings. The Morgan fingerprint density at radius 3 is 2.78 bits per heavy atom. The lowest BCUT2D eigenvalue weighted by molar-refractivity contribution is -0.148. The van der Waals surface area contributed by atoms with Crippen molar-refractivity contribution in [1.82, 2.24) is 15.5 Å². The van der Waals surface area contributed by atoms with Gasteiger partial charge >= 0.3 is 11.9 Å². The summed E-state index contributed by atoms with van der Waals surface area (Å²) >= 11 is 1.49. The van der Waals surface area contributed by atoms with Crippen molar-refractivity contribution in [2.75, 3.05) is 19.8 Å². The molecule has 27 heavy (non-hydrogen) atoms. The lowest BCUT2D eigenvalue weighted by Gasteiger charge is -2.06. The van der Waals surface area contributed by atoms with E-state index in [1.54, 1.807) is 6.92 Å². The first kappa shape index (κ1) is 20.6. The Balaban J connectivity index is 1.58. The van der Waals surface area contributed by atoms with Gasteiger partial charge in [0.05, 0.1) is 17.9 Å². The van der Waals surface area contributed by atoms with E-state index < -0.39 is 11.9 Å². The number of hydrogen-bond donors (Lipinski definition) is 1. The van der Waals surface area contributed by atoms with E-state index in [9.17, 15) is 14.4 Å². The Bertz CT molecular complexity index is 744. The van der Waals surface area contributed by atoms with Gasteiger partial charge < -0.3 is 19.3 Å². The van der Waals surface area contributed by atoms with E-state index in [1.165, 1.54) is 11.3 Å². The zero-order chi connectivity index (χ0) is 19.5. The molecule has 0 aliphatic heterocycles. The van der Waals surface area contributed by atoms with E-state index >= 15 is 0 Å². The molecule has 1 N–H and O–H groups in total. The molecule has 0 atom stereocenters. The first-order valence-corrected chi connectivity index (χ1v) is 9.41. The van der Waals surface area contributed by atoms with Gasteiger partial charge in [-0.15, -0.1) is 11.3 Å². The first-order chi connectivity index (χ1) is 13.1. The van der Waals surface area contributed by atoms with Crippen LogP contribution < -0.4 is 5.32 Å². The van der Waals surface area contributed by atoms with E-state index in [4.69, 9.17) is 14.0 Å². The van der Waals surface area contributed by atoms with Gasteiger partial charge in [0.15, 0.2) is 6.61 Å². The van der Waals surface area contributed by atoms with Crippen LogP contribution in [0.1, 0.15) is 32.1 Å². The SMILES string of the molecule is CCOC(=O)CCCNC(=O)COC(=O)CCc1nc(-c2cccs2)no1. The molecule has 10 heteroatoms. The monoisotopic (exact) mass is 395 g/mol. The Morgan fingerprint density at radius 2 is 2.04 bits per heavy atom. The highest BCUT2D eigenvalue weighted by atomic mass is 32.1. The smallest absolute Gasteiger partial charge is 0.306 e.